The number of benzene rings is 1. The second kappa shape index (κ2) is 9.38. The lowest BCUT2D eigenvalue weighted by molar-refractivity contribution is -0.111. The molecule has 2 heterocycles. The topological polar surface area (TPSA) is 96.5 Å². The maximum atomic E-state index is 12.7. The lowest BCUT2D eigenvalue weighted by atomic mass is 10.2. The molecule has 1 saturated heterocycles. The predicted molar refractivity (Wildman–Crippen MR) is 111 cm³/mol. The monoisotopic (exact) mass is 415 g/mol. The van der Waals surface area contributed by atoms with Gasteiger partial charge < -0.3 is 20.3 Å². The number of carbonyl (C=O) groups excluding carboxylic acids is 2. The van der Waals surface area contributed by atoms with E-state index in [0.29, 0.717) is 47.8 Å². The highest BCUT2D eigenvalue weighted by Gasteiger charge is 2.27. The lowest BCUT2D eigenvalue weighted by Gasteiger charge is -2.17. The summed E-state index contributed by atoms with van der Waals surface area (Å²) in [4.78, 5) is 34.3. The normalized spacial score (nSPS) is 15.7. The van der Waals surface area contributed by atoms with Crippen molar-refractivity contribution in [2.24, 2.45) is 0 Å². The maximum absolute atomic E-state index is 12.7. The molecule has 1 aromatic heterocycles. The Kier molecular flexibility index (Phi) is 6.66. The van der Waals surface area contributed by atoms with Gasteiger partial charge in [-0.3, -0.25) is 9.59 Å². The van der Waals surface area contributed by atoms with Crippen LogP contribution in [-0.2, 0) is 4.79 Å². The van der Waals surface area contributed by atoms with Crippen molar-refractivity contribution in [2.45, 2.75) is 19.4 Å². The summed E-state index contributed by atoms with van der Waals surface area (Å²) >= 11 is 6.01. The minimum Gasteiger partial charge on any atom is -0.477 e. The van der Waals surface area contributed by atoms with Crippen LogP contribution in [0, 0.1) is 0 Å². The summed E-state index contributed by atoms with van der Waals surface area (Å²) in [5.74, 6) is 0.387. The van der Waals surface area contributed by atoms with Gasteiger partial charge in [0.25, 0.3) is 5.91 Å². The molecule has 1 aromatic carbocycles. The van der Waals surface area contributed by atoms with E-state index in [1.54, 1.807) is 29.2 Å². The molecule has 2 N–H and O–H groups in total. The van der Waals surface area contributed by atoms with Gasteiger partial charge in [-0.1, -0.05) is 18.2 Å². The zero-order valence-corrected chi connectivity index (χ0v) is 16.8. The fourth-order valence-electron chi connectivity index (χ4n) is 2.98. The fourth-order valence-corrected chi connectivity index (χ4v) is 3.12. The Balaban J connectivity index is 1.59. The van der Waals surface area contributed by atoms with Crippen molar-refractivity contribution < 1.29 is 14.3 Å². The highest BCUT2D eigenvalue weighted by Crippen LogP contribution is 2.23. The largest absolute Gasteiger partial charge is 0.477 e. The number of likely N-dealkylation sites (tertiary alicyclic amines) is 1. The third-order valence-corrected chi connectivity index (χ3v) is 4.65. The Hall–Kier alpha value is -3.13. The molecule has 0 aliphatic carbocycles. The van der Waals surface area contributed by atoms with Crippen molar-refractivity contribution in [1.82, 2.24) is 14.9 Å². The summed E-state index contributed by atoms with van der Waals surface area (Å²) in [5, 5.41) is 6.24. The Labute approximate surface area is 173 Å². The number of nitrogens with zero attached hydrogens (tertiary/aromatic N) is 3. The van der Waals surface area contributed by atoms with Gasteiger partial charge in [-0.2, -0.15) is 4.98 Å². The van der Waals surface area contributed by atoms with Gasteiger partial charge in [-0.25, -0.2) is 4.98 Å². The van der Waals surface area contributed by atoms with Crippen LogP contribution in [-0.4, -0.2) is 52.4 Å². The van der Waals surface area contributed by atoms with Crippen molar-refractivity contribution >= 4 is 35.1 Å². The molecule has 0 radical (unpaired) electrons. The van der Waals surface area contributed by atoms with Crippen LogP contribution in [0.15, 0.2) is 43.1 Å². The average molecular weight is 416 g/mol. The van der Waals surface area contributed by atoms with E-state index in [1.807, 2.05) is 6.92 Å². The van der Waals surface area contributed by atoms with E-state index in [9.17, 15) is 9.59 Å². The van der Waals surface area contributed by atoms with Gasteiger partial charge in [0.1, 0.15) is 5.02 Å². The van der Waals surface area contributed by atoms with Crippen LogP contribution < -0.4 is 15.4 Å². The Bertz CT molecular complexity index is 903. The number of nitrogens with one attached hydrogen (secondary N) is 2. The van der Waals surface area contributed by atoms with E-state index in [2.05, 4.69) is 27.2 Å². The fraction of sp³-hybridized carbons (Fsp3) is 0.300. The number of rotatable bonds is 7. The summed E-state index contributed by atoms with van der Waals surface area (Å²) in [7, 11) is 0. The van der Waals surface area contributed by atoms with Gasteiger partial charge >= 0.3 is 0 Å². The first-order chi connectivity index (χ1) is 14.0. The molecular formula is C20H22ClN5O3. The smallest absolute Gasteiger partial charge is 0.253 e. The van der Waals surface area contributed by atoms with E-state index < -0.39 is 0 Å². The molecule has 0 saturated carbocycles. The number of anilines is 2. The minimum absolute atomic E-state index is 0.0285. The Morgan fingerprint density at radius 2 is 2.14 bits per heavy atom. The number of aromatic nitrogens is 2. The van der Waals surface area contributed by atoms with E-state index >= 15 is 0 Å². The quantitative estimate of drug-likeness (QED) is 0.675. The number of amides is 2. The first-order valence-electron chi connectivity index (χ1n) is 9.24. The van der Waals surface area contributed by atoms with Crippen LogP contribution in [0.3, 0.4) is 0 Å². The van der Waals surface area contributed by atoms with Crippen molar-refractivity contribution in [2.75, 3.05) is 30.3 Å². The molecule has 1 aliphatic heterocycles. The second-order valence-electron chi connectivity index (χ2n) is 6.43. The Morgan fingerprint density at radius 1 is 1.38 bits per heavy atom. The molecule has 152 valence electrons. The number of hydrogen-bond donors (Lipinski definition) is 2. The second-order valence-corrected chi connectivity index (χ2v) is 6.84. The van der Waals surface area contributed by atoms with Crippen molar-refractivity contribution in [3.63, 3.8) is 0 Å². The van der Waals surface area contributed by atoms with Gasteiger partial charge in [0.2, 0.25) is 17.7 Å². The standard InChI is InChI=1S/C20H22ClN5O3/c1-3-17(27)23-14-7-5-13(6-8-14)19(28)26-10-9-15(12-26)24-20-22-11-16(21)18(25-20)29-4-2/h3,5-8,11,15H,1,4,9-10,12H2,2H3,(H,23,27)(H,22,24,25)/t15-/m1/s1. The first kappa shape index (κ1) is 20.6. The van der Waals surface area contributed by atoms with Crippen molar-refractivity contribution in [3.8, 4) is 5.88 Å². The molecular weight excluding hydrogens is 394 g/mol. The number of ether oxygens (including phenoxy) is 1. The molecule has 1 atom stereocenters. The van der Waals surface area contributed by atoms with Crippen LogP contribution >= 0.6 is 11.6 Å². The van der Waals surface area contributed by atoms with Gasteiger partial charge in [-0.05, 0) is 43.7 Å². The molecule has 0 bridgehead atoms. The summed E-state index contributed by atoms with van der Waals surface area (Å²) in [6.45, 7) is 6.87. The third kappa shape index (κ3) is 5.23. The van der Waals surface area contributed by atoms with Crippen molar-refractivity contribution in [1.29, 1.82) is 0 Å². The summed E-state index contributed by atoms with van der Waals surface area (Å²) in [6, 6.07) is 6.80. The lowest BCUT2D eigenvalue weighted by Crippen LogP contribution is -2.31. The van der Waals surface area contributed by atoms with E-state index in [-0.39, 0.29) is 17.9 Å². The minimum atomic E-state index is -0.297. The van der Waals surface area contributed by atoms with Crippen LogP contribution in [0.1, 0.15) is 23.7 Å². The molecule has 8 nitrogen and oxygen atoms in total. The Morgan fingerprint density at radius 3 is 2.83 bits per heavy atom. The highest BCUT2D eigenvalue weighted by molar-refractivity contribution is 6.31. The number of carbonyl (C=O) groups is 2. The summed E-state index contributed by atoms with van der Waals surface area (Å²) in [5.41, 5.74) is 1.17. The van der Waals surface area contributed by atoms with E-state index in [0.717, 1.165) is 6.42 Å². The van der Waals surface area contributed by atoms with Crippen LogP contribution in [0.25, 0.3) is 0 Å². The van der Waals surface area contributed by atoms with Crippen LogP contribution in [0.4, 0.5) is 11.6 Å². The zero-order chi connectivity index (χ0) is 20.8. The molecule has 1 aliphatic rings. The highest BCUT2D eigenvalue weighted by atomic mass is 35.5. The first-order valence-corrected chi connectivity index (χ1v) is 9.62. The SMILES string of the molecule is C=CC(=O)Nc1ccc(C(=O)N2CC[C@@H](Nc3ncc(Cl)c(OCC)n3)C2)cc1. The van der Waals surface area contributed by atoms with Gasteiger partial charge in [0.15, 0.2) is 0 Å². The molecule has 0 spiro atoms. The van der Waals surface area contributed by atoms with Gasteiger partial charge in [-0.15, -0.1) is 0 Å². The van der Waals surface area contributed by atoms with E-state index in [1.165, 1.54) is 12.3 Å². The zero-order valence-electron chi connectivity index (χ0n) is 16.0. The van der Waals surface area contributed by atoms with Crippen molar-refractivity contribution in [3.05, 3.63) is 53.7 Å². The molecule has 0 unspecified atom stereocenters. The molecule has 3 rings (SSSR count). The molecule has 2 aromatic rings. The third-order valence-electron chi connectivity index (χ3n) is 4.39. The average Bonchev–Trinajstić information content (AvgIpc) is 3.19. The molecule has 1 fully saturated rings. The molecule has 2 amide bonds. The predicted octanol–water partition coefficient (Wildman–Crippen LogP) is 2.98. The van der Waals surface area contributed by atoms with Crippen LogP contribution in [0.2, 0.25) is 5.02 Å². The maximum Gasteiger partial charge on any atom is 0.253 e. The van der Waals surface area contributed by atoms with Gasteiger partial charge in [0.05, 0.1) is 12.8 Å². The molecule has 29 heavy (non-hydrogen) atoms. The summed E-state index contributed by atoms with van der Waals surface area (Å²) in [6.07, 6.45) is 3.46. The number of hydrogen-bond acceptors (Lipinski definition) is 6. The molecule has 9 heteroatoms. The van der Waals surface area contributed by atoms with Crippen LogP contribution in [0.5, 0.6) is 5.88 Å². The summed E-state index contributed by atoms with van der Waals surface area (Å²) < 4.78 is 5.38. The van der Waals surface area contributed by atoms with Gasteiger partial charge in [0, 0.05) is 30.4 Å². The van der Waals surface area contributed by atoms with E-state index in [4.69, 9.17) is 16.3 Å². The number of halogens is 1.